The van der Waals surface area contributed by atoms with Gasteiger partial charge in [0.15, 0.2) is 0 Å². The van der Waals surface area contributed by atoms with Gasteiger partial charge in [0, 0.05) is 12.8 Å². The number of nitrogens with one attached hydrogen (secondary N) is 5. The van der Waals surface area contributed by atoms with Crippen LogP contribution in [-0.4, -0.2) is 78.9 Å². The van der Waals surface area contributed by atoms with Gasteiger partial charge >= 0.3 is 5.97 Å². The molecule has 13 nitrogen and oxygen atoms in total. The fourth-order valence-corrected chi connectivity index (χ4v) is 7.34. The van der Waals surface area contributed by atoms with Gasteiger partial charge in [0.2, 0.25) is 29.5 Å². The molecule has 0 aliphatic rings. The van der Waals surface area contributed by atoms with Gasteiger partial charge in [-0.05, 0) is 72.6 Å². The lowest BCUT2D eigenvalue weighted by Crippen LogP contribution is -2.60. The molecular formula is C51H66N6O7. The molecule has 64 heavy (non-hydrogen) atoms. The number of benzene rings is 4. The molecule has 0 saturated heterocycles. The van der Waals surface area contributed by atoms with Gasteiger partial charge in [-0.2, -0.15) is 0 Å². The summed E-state index contributed by atoms with van der Waals surface area (Å²) in [6.45, 7) is 7.68. The van der Waals surface area contributed by atoms with Gasteiger partial charge in [-0.3, -0.25) is 24.0 Å². The van der Waals surface area contributed by atoms with Crippen molar-refractivity contribution in [3.05, 3.63) is 144 Å². The second kappa shape index (κ2) is 26.3. The minimum atomic E-state index is -1.16. The number of esters is 1. The van der Waals surface area contributed by atoms with Gasteiger partial charge in [-0.1, -0.05) is 149 Å². The summed E-state index contributed by atoms with van der Waals surface area (Å²) >= 11 is 0. The van der Waals surface area contributed by atoms with E-state index in [1.54, 1.807) is 0 Å². The number of hydrogen-bond donors (Lipinski definition) is 6. The Morgan fingerprint density at radius 3 is 1.20 bits per heavy atom. The lowest BCUT2D eigenvalue weighted by atomic mass is 9.99. The first-order chi connectivity index (χ1) is 30.7. The van der Waals surface area contributed by atoms with Crippen LogP contribution in [0.3, 0.4) is 0 Å². The molecule has 4 aromatic carbocycles. The third-order valence-corrected chi connectivity index (χ3v) is 10.8. The van der Waals surface area contributed by atoms with E-state index in [0.717, 1.165) is 22.3 Å². The van der Waals surface area contributed by atoms with Crippen molar-refractivity contribution in [2.75, 3.05) is 7.11 Å². The summed E-state index contributed by atoms with van der Waals surface area (Å²) in [5.41, 5.74) is 9.84. The zero-order valence-corrected chi connectivity index (χ0v) is 37.8. The summed E-state index contributed by atoms with van der Waals surface area (Å²) in [6.07, 6.45) is 2.30. The molecule has 6 atom stereocenters. The molecule has 0 unspecified atom stereocenters. The summed E-state index contributed by atoms with van der Waals surface area (Å²) in [7, 11) is 1.25. The summed E-state index contributed by atoms with van der Waals surface area (Å²) in [4.78, 5) is 83.2. The molecule has 0 bridgehead atoms. The molecule has 0 aliphatic carbocycles. The number of hydrogen-bond acceptors (Lipinski definition) is 8. The maximum Gasteiger partial charge on any atom is 0.328 e. The quantitative estimate of drug-likeness (QED) is 0.0513. The summed E-state index contributed by atoms with van der Waals surface area (Å²) in [6, 6.07) is 31.3. The molecule has 0 aliphatic heterocycles. The Morgan fingerprint density at radius 2 is 0.766 bits per heavy atom. The average Bonchev–Trinajstić information content (AvgIpc) is 3.29. The Labute approximate surface area is 378 Å². The number of methoxy groups -OCH3 is 1. The third-order valence-electron chi connectivity index (χ3n) is 10.8. The third kappa shape index (κ3) is 17.4. The average molecular weight is 875 g/mol. The van der Waals surface area contributed by atoms with E-state index in [1.807, 2.05) is 149 Å². The fourth-order valence-electron chi connectivity index (χ4n) is 7.34. The second-order valence-electron chi connectivity index (χ2n) is 17.1. The number of carbonyl (C=O) groups excluding carboxylic acids is 6. The first-order valence-electron chi connectivity index (χ1n) is 22.2. The first kappa shape index (κ1) is 50.3. The molecule has 342 valence electrons. The Kier molecular flexibility index (Phi) is 20.7. The monoisotopic (exact) mass is 874 g/mol. The number of rotatable bonds is 25. The smallest absolute Gasteiger partial charge is 0.328 e. The SMILES string of the molecule is COC(=O)[C@@H](Cc1ccccc1)NC(=O)[C@@H](CC(C)C)NC(=O)[C@@H](CCc1ccccc1)NC(=O)[C@H](Cc1ccccc1)NC(=O)[C@H](CC(C)C)NC(=O)[C@@H](N)CCc1ccccc1. The van der Waals surface area contributed by atoms with Gasteiger partial charge in [0.25, 0.3) is 0 Å². The van der Waals surface area contributed by atoms with Crippen LogP contribution in [0.25, 0.3) is 0 Å². The zero-order chi connectivity index (χ0) is 46.4. The van der Waals surface area contributed by atoms with Crippen LogP contribution in [0.15, 0.2) is 121 Å². The van der Waals surface area contributed by atoms with Crippen molar-refractivity contribution in [1.82, 2.24) is 26.6 Å². The van der Waals surface area contributed by atoms with Gasteiger partial charge in [0.1, 0.15) is 30.2 Å². The molecule has 0 fully saturated rings. The van der Waals surface area contributed by atoms with Gasteiger partial charge < -0.3 is 37.1 Å². The Morgan fingerprint density at radius 1 is 0.438 bits per heavy atom. The molecule has 7 N–H and O–H groups in total. The maximum atomic E-state index is 14.5. The molecule has 0 spiro atoms. The van der Waals surface area contributed by atoms with Crippen LogP contribution in [0.2, 0.25) is 0 Å². The molecule has 0 saturated carbocycles. The molecule has 0 aromatic heterocycles. The summed E-state index contributed by atoms with van der Waals surface area (Å²) in [5.74, 6) is -3.52. The highest BCUT2D eigenvalue weighted by Gasteiger charge is 2.34. The Hall–Kier alpha value is -6.34. The van der Waals surface area contributed by atoms with Crippen LogP contribution in [0.4, 0.5) is 0 Å². The topological polar surface area (TPSA) is 198 Å². The number of carbonyl (C=O) groups is 6. The molecule has 5 amide bonds. The normalized spacial score (nSPS) is 13.9. The van der Waals surface area contributed by atoms with E-state index in [0.29, 0.717) is 19.3 Å². The van der Waals surface area contributed by atoms with E-state index in [2.05, 4.69) is 26.6 Å². The van der Waals surface area contributed by atoms with Gasteiger partial charge in [0.05, 0.1) is 13.2 Å². The molecule has 0 radical (unpaired) electrons. The number of ether oxygens (including phenoxy) is 1. The fraction of sp³-hybridized carbons (Fsp3) is 0.412. The van der Waals surface area contributed by atoms with Crippen LogP contribution >= 0.6 is 0 Å². The van der Waals surface area contributed by atoms with E-state index in [-0.39, 0.29) is 43.9 Å². The molecule has 0 heterocycles. The van der Waals surface area contributed by atoms with Gasteiger partial charge in [-0.15, -0.1) is 0 Å². The van der Waals surface area contributed by atoms with Crippen LogP contribution < -0.4 is 32.3 Å². The molecule has 13 heteroatoms. The number of amides is 5. The minimum Gasteiger partial charge on any atom is -0.467 e. The van der Waals surface area contributed by atoms with Crippen molar-refractivity contribution in [2.45, 2.75) is 115 Å². The van der Waals surface area contributed by atoms with Crippen molar-refractivity contribution in [3.63, 3.8) is 0 Å². The standard InChI is InChI=1S/C51H66N6O7/c1-34(2)30-42(54-46(58)40(52)28-26-36-18-10-6-11-19-36)48(60)56-44(32-38-22-14-8-15-23-38)50(62)53-41(29-27-37-20-12-7-13-21-37)47(59)55-43(31-35(3)4)49(61)57-45(51(63)64-5)33-39-24-16-9-17-25-39/h6-25,34-35,40-45H,26-33,52H2,1-5H3,(H,53,62)(H,54,58)(H,55,59)(H,56,60)(H,57,61)/t40-,41+,42-,43+,44-,45+/m0/s1. The predicted molar refractivity (Wildman–Crippen MR) is 248 cm³/mol. The van der Waals surface area contributed by atoms with Crippen LogP contribution in [0.5, 0.6) is 0 Å². The van der Waals surface area contributed by atoms with Crippen LogP contribution in [-0.2, 0) is 59.2 Å². The molecule has 4 rings (SSSR count). The lowest BCUT2D eigenvalue weighted by molar-refractivity contribution is -0.145. The minimum absolute atomic E-state index is 0.00118. The van der Waals surface area contributed by atoms with Crippen LogP contribution in [0.1, 0.15) is 75.6 Å². The highest BCUT2D eigenvalue weighted by Crippen LogP contribution is 2.14. The van der Waals surface area contributed by atoms with Crippen LogP contribution in [0, 0.1) is 11.8 Å². The van der Waals surface area contributed by atoms with Crippen molar-refractivity contribution >= 4 is 35.5 Å². The molecular weight excluding hydrogens is 809 g/mol. The number of aryl methyl sites for hydroxylation is 2. The highest BCUT2D eigenvalue weighted by atomic mass is 16.5. The van der Waals surface area contributed by atoms with E-state index in [4.69, 9.17) is 10.5 Å². The largest absolute Gasteiger partial charge is 0.467 e. The maximum absolute atomic E-state index is 14.5. The second-order valence-corrected chi connectivity index (χ2v) is 17.1. The van der Waals surface area contributed by atoms with Crippen molar-refractivity contribution in [2.24, 2.45) is 17.6 Å². The Bertz CT molecular complexity index is 2070. The van der Waals surface area contributed by atoms with E-state index in [9.17, 15) is 28.8 Å². The van der Waals surface area contributed by atoms with E-state index < -0.39 is 71.8 Å². The van der Waals surface area contributed by atoms with Gasteiger partial charge in [-0.25, -0.2) is 4.79 Å². The zero-order valence-electron chi connectivity index (χ0n) is 37.8. The molecule has 4 aromatic rings. The van der Waals surface area contributed by atoms with E-state index in [1.165, 1.54) is 7.11 Å². The van der Waals surface area contributed by atoms with E-state index >= 15 is 0 Å². The Balaban J connectivity index is 1.57. The van der Waals surface area contributed by atoms with Crippen molar-refractivity contribution in [1.29, 1.82) is 0 Å². The number of nitrogens with two attached hydrogens (primary N) is 1. The first-order valence-corrected chi connectivity index (χ1v) is 22.2. The predicted octanol–water partition coefficient (Wildman–Crippen LogP) is 4.75. The highest BCUT2D eigenvalue weighted by molar-refractivity contribution is 5.96. The summed E-state index contributed by atoms with van der Waals surface area (Å²) in [5, 5.41) is 14.3. The van der Waals surface area contributed by atoms with Crippen molar-refractivity contribution in [3.8, 4) is 0 Å². The van der Waals surface area contributed by atoms with Crippen molar-refractivity contribution < 1.29 is 33.5 Å². The summed E-state index contributed by atoms with van der Waals surface area (Å²) < 4.78 is 5.02. The lowest BCUT2D eigenvalue weighted by Gasteiger charge is -2.28.